The topological polar surface area (TPSA) is 87.5 Å². The van der Waals surface area contributed by atoms with Gasteiger partial charge in [-0.25, -0.2) is 4.79 Å². The molecular weight excluding hydrogens is 308 g/mol. The largest absolute Gasteiger partial charge is 0.481 e. The SMILES string of the molecule is CCn1ncc2ccc(NC(=O)N3CC(C)CC(C(=O)O)C3)cc21. The number of nitrogens with one attached hydrogen (secondary N) is 1. The summed E-state index contributed by atoms with van der Waals surface area (Å²) in [5.41, 5.74) is 1.65. The molecule has 1 aliphatic rings. The summed E-state index contributed by atoms with van der Waals surface area (Å²) < 4.78 is 1.87. The number of aliphatic carboxylic acids is 1. The Morgan fingerprint density at radius 3 is 2.88 bits per heavy atom. The Morgan fingerprint density at radius 2 is 2.17 bits per heavy atom. The van der Waals surface area contributed by atoms with Crippen molar-refractivity contribution in [3.63, 3.8) is 0 Å². The Hall–Kier alpha value is -2.57. The third-order valence-electron chi connectivity index (χ3n) is 4.49. The number of urea groups is 1. The highest BCUT2D eigenvalue weighted by atomic mass is 16.4. The van der Waals surface area contributed by atoms with E-state index in [2.05, 4.69) is 10.4 Å². The lowest BCUT2D eigenvalue weighted by Gasteiger charge is -2.34. The number of carboxylic acid groups (broad SMARTS) is 1. The monoisotopic (exact) mass is 330 g/mol. The second-order valence-corrected chi connectivity index (χ2v) is 6.45. The third-order valence-corrected chi connectivity index (χ3v) is 4.49. The maximum absolute atomic E-state index is 12.5. The highest BCUT2D eigenvalue weighted by Gasteiger charge is 2.31. The lowest BCUT2D eigenvalue weighted by molar-refractivity contribution is -0.143. The molecule has 0 saturated carbocycles. The zero-order valence-corrected chi connectivity index (χ0v) is 13.9. The van der Waals surface area contributed by atoms with Gasteiger partial charge in [-0.15, -0.1) is 0 Å². The number of piperidine rings is 1. The van der Waals surface area contributed by atoms with Gasteiger partial charge in [0.15, 0.2) is 0 Å². The first kappa shape index (κ1) is 16.3. The third kappa shape index (κ3) is 3.20. The van der Waals surface area contributed by atoms with Crippen LogP contribution in [0, 0.1) is 11.8 Å². The van der Waals surface area contributed by atoms with Crippen LogP contribution >= 0.6 is 0 Å². The van der Waals surface area contributed by atoms with E-state index in [9.17, 15) is 14.7 Å². The number of hydrogen-bond acceptors (Lipinski definition) is 3. The van der Waals surface area contributed by atoms with Crippen LogP contribution in [0.5, 0.6) is 0 Å². The summed E-state index contributed by atoms with van der Waals surface area (Å²) in [6.45, 7) is 5.57. The minimum absolute atomic E-state index is 0.176. The first-order valence-electron chi connectivity index (χ1n) is 8.22. The molecule has 1 aliphatic heterocycles. The van der Waals surface area contributed by atoms with Crippen molar-refractivity contribution < 1.29 is 14.7 Å². The van der Waals surface area contributed by atoms with Crippen molar-refractivity contribution >= 4 is 28.6 Å². The number of nitrogens with zero attached hydrogens (tertiary/aromatic N) is 3. The quantitative estimate of drug-likeness (QED) is 0.905. The van der Waals surface area contributed by atoms with Crippen LogP contribution in [0.2, 0.25) is 0 Å². The summed E-state index contributed by atoms with van der Waals surface area (Å²) in [6, 6.07) is 5.40. The Labute approximate surface area is 140 Å². The van der Waals surface area contributed by atoms with E-state index < -0.39 is 11.9 Å². The fraction of sp³-hybridized carbons (Fsp3) is 0.471. The Kier molecular flexibility index (Phi) is 4.42. The molecule has 2 unspecified atom stereocenters. The van der Waals surface area contributed by atoms with Gasteiger partial charge in [-0.1, -0.05) is 6.92 Å². The molecule has 2 N–H and O–H groups in total. The molecule has 7 heteroatoms. The smallest absolute Gasteiger partial charge is 0.321 e. The standard InChI is InChI=1S/C17H22N4O3/c1-3-21-15-7-14(5-4-12(15)8-18-21)19-17(24)20-9-11(2)6-13(10-20)16(22)23/h4-5,7-8,11,13H,3,6,9-10H2,1-2H3,(H,19,24)(H,22,23). The number of benzene rings is 1. The molecule has 2 aromatic rings. The van der Waals surface area contributed by atoms with Crippen molar-refractivity contribution in [2.24, 2.45) is 11.8 Å². The molecule has 24 heavy (non-hydrogen) atoms. The summed E-state index contributed by atoms with van der Waals surface area (Å²) in [5.74, 6) is -1.16. The molecule has 128 valence electrons. The number of likely N-dealkylation sites (tertiary alicyclic amines) is 1. The predicted molar refractivity (Wildman–Crippen MR) is 90.9 cm³/mol. The number of carbonyl (C=O) groups is 2. The van der Waals surface area contributed by atoms with Crippen LogP contribution in [0.15, 0.2) is 24.4 Å². The zero-order valence-electron chi connectivity index (χ0n) is 13.9. The molecule has 1 aromatic carbocycles. The van der Waals surface area contributed by atoms with E-state index in [1.54, 1.807) is 11.1 Å². The summed E-state index contributed by atoms with van der Waals surface area (Å²) in [4.78, 5) is 25.3. The van der Waals surface area contributed by atoms with Crippen molar-refractivity contribution in [3.8, 4) is 0 Å². The predicted octanol–water partition coefficient (Wildman–Crippen LogP) is 2.63. The molecule has 1 fully saturated rings. The number of aryl methyl sites for hydroxylation is 1. The lowest BCUT2D eigenvalue weighted by atomic mass is 9.91. The number of aromatic nitrogens is 2. The van der Waals surface area contributed by atoms with Gasteiger partial charge in [-0.3, -0.25) is 9.48 Å². The van der Waals surface area contributed by atoms with Crippen LogP contribution in [0.3, 0.4) is 0 Å². The van der Waals surface area contributed by atoms with Gasteiger partial charge in [0, 0.05) is 30.7 Å². The van der Waals surface area contributed by atoms with Gasteiger partial charge < -0.3 is 15.3 Å². The molecule has 0 radical (unpaired) electrons. The van der Waals surface area contributed by atoms with Crippen molar-refractivity contribution in [3.05, 3.63) is 24.4 Å². The van der Waals surface area contributed by atoms with E-state index >= 15 is 0 Å². The minimum Gasteiger partial charge on any atom is -0.481 e. The first-order valence-corrected chi connectivity index (χ1v) is 8.22. The van der Waals surface area contributed by atoms with E-state index in [0.29, 0.717) is 18.7 Å². The van der Waals surface area contributed by atoms with Gasteiger partial charge in [-0.2, -0.15) is 5.10 Å². The Morgan fingerprint density at radius 1 is 1.38 bits per heavy atom. The van der Waals surface area contributed by atoms with E-state index in [0.717, 1.165) is 17.4 Å². The fourth-order valence-corrected chi connectivity index (χ4v) is 3.30. The zero-order chi connectivity index (χ0) is 17.3. The molecule has 2 atom stereocenters. The van der Waals surface area contributed by atoms with E-state index in [-0.39, 0.29) is 18.5 Å². The number of hydrogen-bond donors (Lipinski definition) is 2. The van der Waals surface area contributed by atoms with Crippen LogP contribution in [0.1, 0.15) is 20.3 Å². The molecule has 7 nitrogen and oxygen atoms in total. The molecule has 2 heterocycles. The van der Waals surface area contributed by atoms with Crippen molar-refractivity contribution in [1.82, 2.24) is 14.7 Å². The van der Waals surface area contributed by atoms with Crippen LogP contribution in [-0.4, -0.2) is 44.9 Å². The number of anilines is 1. The first-order chi connectivity index (χ1) is 11.5. The van der Waals surface area contributed by atoms with E-state index in [1.165, 1.54) is 0 Å². The van der Waals surface area contributed by atoms with Crippen molar-refractivity contribution in [1.29, 1.82) is 0 Å². The molecule has 2 amide bonds. The van der Waals surface area contributed by atoms with E-state index in [1.807, 2.05) is 36.7 Å². The summed E-state index contributed by atoms with van der Waals surface area (Å²) >= 11 is 0. The summed E-state index contributed by atoms with van der Waals surface area (Å²) in [5, 5.41) is 17.4. The average molecular weight is 330 g/mol. The van der Waals surface area contributed by atoms with Gasteiger partial charge in [0.25, 0.3) is 0 Å². The van der Waals surface area contributed by atoms with Crippen LogP contribution in [0.25, 0.3) is 10.9 Å². The highest BCUT2D eigenvalue weighted by Crippen LogP contribution is 2.24. The summed E-state index contributed by atoms with van der Waals surface area (Å²) in [7, 11) is 0. The number of amides is 2. The molecule has 0 bridgehead atoms. The minimum atomic E-state index is -0.840. The Bertz CT molecular complexity index is 770. The number of carboxylic acids is 1. The molecule has 0 aliphatic carbocycles. The van der Waals surface area contributed by atoms with Gasteiger partial charge in [0.1, 0.15) is 0 Å². The molecule has 0 spiro atoms. The van der Waals surface area contributed by atoms with Gasteiger partial charge in [0.2, 0.25) is 0 Å². The van der Waals surface area contributed by atoms with Crippen molar-refractivity contribution in [2.75, 3.05) is 18.4 Å². The number of carbonyl (C=O) groups excluding carboxylic acids is 1. The second kappa shape index (κ2) is 6.51. The second-order valence-electron chi connectivity index (χ2n) is 6.45. The van der Waals surface area contributed by atoms with Crippen LogP contribution in [0.4, 0.5) is 10.5 Å². The van der Waals surface area contributed by atoms with Gasteiger partial charge in [0.05, 0.1) is 17.6 Å². The number of rotatable bonds is 3. The van der Waals surface area contributed by atoms with Crippen molar-refractivity contribution in [2.45, 2.75) is 26.8 Å². The molecule has 3 rings (SSSR count). The fourth-order valence-electron chi connectivity index (χ4n) is 3.30. The molecule has 1 aromatic heterocycles. The maximum atomic E-state index is 12.5. The average Bonchev–Trinajstić information content (AvgIpc) is 2.96. The van der Waals surface area contributed by atoms with Gasteiger partial charge >= 0.3 is 12.0 Å². The molecule has 1 saturated heterocycles. The Balaban J connectivity index is 1.75. The number of fused-ring (bicyclic) bond motifs is 1. The van der Waals surface area contributed by atoms with Gasteiger partial charge in [-0.05, 0) is 37.5 Å². The molecular formula is C17H22N4O3. The lowest BCUT2D eigenvalue weighted by Crippen LogP contribution is -2.47. The van der Waals surface area contributed by atoms with E-state index in [4.69, 9.17) is 0 Å². The maximum Gasteiger partial charge on any atom is 0.321 e. The van der Waals surface area contributed by atoms with Crippen LogP contribution in [-0.2, 0) is 11.3 Å². The normalized spacial score (nSPS) is 21.0. The summed E-state index contributed by atoms with van der Waals surface area (Å²) in [6.07, 6.45) is 2.41. The van der Waals surface area contributed by atoms with Crippen LogP contribution < -0.4 is 5.32 Å². The highest BCUT2D eigenvalue weighted by molar-refractivity contribution is 5.92.